The van der Waals surface area contributed by atoms with E-state index in [1.54, 1.807) is 0 Å². The summed E-state index contributed by atoms with van der Waals surface area (Å²) in [5.74, 6) is 0. The second-order valence-electron chi connectivity index (χ2n) is 5.05. The van der Waals surface area contributed by atoms with Crippen molar-refractivity contribution in [1.29, 1.82) is 0 Å². The molecule has 1 rings (SSSR count). The molecule has 102 valence electrons. The molecule has 0 aromatic heterocycles. The molecule has 0 saturated heterocycles. The Morgan fingerprint density at radius 1 is 1.11 bits per heavy atom. The van der Waals surface area contributed by atoms with Crippen LogP contribution in [0.3, 0.4) is 0 Å². The van der Waals surface area contributed by atoms with Crippen LogP contribution in [0.1, 0.15) is 57.6 Å². The topological polar surface area (TPSA) is 32.3 Å². The van der Waals surface area contributed by atoms with Crippen LogP contribution in [0.25, 0.3) is 0 Å². The van der Waals surface area contributed by atoms with Crippen molar-refractivity contribution in [3.63, 3.8) is 0 Å². The van der Waals surface area contributed by atoms with Gasteiger partial charge in [0.15, 0.2) is 0 Å². The molecule has 18 heavy (non-hydrogen) atoms. The number of hydrogen-bond donors (Lipinski definition) is 2. The standard InChI is InChI=1S/C16H27NO/c1-3-4-6-11-16(17-13-12-14(2)18)15-9-7-5-8-10-15/h5,7-10,14,16-18H,3-4,6,11-13H2,1-2H3. The lowest BCUT2D eigenvalue weighted by molar-refractivity contribution is 0.182. The predicted octanol–water partition coefficient (Wildman–Crippen LogP) is 3.67. The van der Waals surface area contributed by atoms with Crippen molar-refractivity contribution in [3.8, 4) is 0 Å². The van der Waals surface area contributed by atoms with Gasteiger partial charge in [-0.2, -0.15) is 0 Å². The second-order valence-corrected chi connectivity index (χ2v) is 5.05. The summed E-state index contributed by atoms with van der Waals surface area (Å²) in [6, 6.07) is 11.0. The van der Waals surface area contributed by atoms with Crippen molar-refractivity contribution in [2.24, 2.45) is 0 Å². The molecule has 2 unspecified atom stereocenters. The van der Waals surface area contributed by atoms with E-state index in [1.165, 1.54) is 31.2 Å². The fourth-order valence-electron chi connectivity index (χ4n) is 2.14. The summed E-state index contributed by atoms with van der Waals surface area (Å²) in [6.07, 6.45) is 5.59. The lowest BCUT2D eigenvalue weighted by Crippen LogP contribution is -2.24. The normalized spacial score (nSPS) is 14.4. The van der Waals surface area contributed by atoms with Crippen LogP contribution >= 0.6 is 0 Å². The molecule has 0 amide bonds. The van der Waals surface area contributed by atoms with Gasteiger partial charge in [-0.15, -0.1) is 0 Å². The molecule has 2 N–H and O–H groups in total. The molecule has 0 bridgehead atoms. The van der Waals surface area contributed by atoms with Gasteiger partial charge in [0.25, 0.3) is 0 Å². The molecular weight excluding hydrogens is 222 g/mol. The molecule has 0 heterocycles. The average molecular weight is 249 g/mol. The van der Waals surface area contributed by atoms with Gasteiger partial charge in [-0.25, -0.2) is 0 Å². The first-order valence-electron chi connectivity index (χ1n) is 7.20. The van der Waals surface area contributed by atoms with Crippen molar-refractivity contribution >= 4 is 0 Å². The highest BCUT2D eigenvalue weighted by molar-refractivity contribution is 5.18. The molecule has 1 aromatic carbocycles. The molecule has 0 aliphatic rings. The largest absolute Gasteiger partial charge is 0.393 e. The maximum absolute atomic E-state index is 9.31. The first kappa shape index (κ1) is 15.2. The molecule has 2 atom stereocenters. The highest BCUT2D eigenvalue weighted by Crippen LogP contribution is 2.19. The van der Waals surface area contributed by atoms with Gasteiger partial charge in [0, 0.05) is 6.04 Å². The number of nitrogens with one attached hydrogen (secondary N) is 1. The lowest BCUT2D eigenvalue weighted by atomic mass is 10.0. The molecule has 0 radical (unpaired) electrons. The van der Waals surface area contributed by atoms with E-state index in [-0.39, 0.29) is 6.10 Å². The molecule has 0 spiro atoms. The van der Waals surface area contributed by atoms with Crippen LogP contribution in [-0.2, 0) is 0 Å². The Bertz CT molecular complexity index is 297. The summed E-state index contributed by atoms with van der Waals surface area (Å²) in [5.41, 5.74) is 1.36. The minimum atomic E-state index is -0.218. The summed E-state index contributed by atoms with van der Waals surface area (Å²) in [7, 11) is 0. The van der Waals surface area contributed by atoms with Gasteiger partial charge >= 0.3 is 0 Å². The Morgan fingerprint density at radius 3 is 2.44 bits per heavy atom. The van der Waals surface area contributed by atoms with Crippen molar-refractivity contribution < 1.29 is 5.11 Å². The Kier molecular flexibility index (Phi) is 7.70. The van der Waals surface area contributed by atoms with E-state index in [9.17, 15) is 5.11 Å². The van der Waals surface area contributed by atoms with Gasteiger partial charge in [-0.1, -0.05) is 56.5 Å². The van der Waals surface area contributed by atoms with E-state index in [1.807, 2.05) is 6.92 Å². The average Bonchev–Trinajstić information content (AvgIpc) is 2.38. The first-order chi connectivity index (χ1) is 8.74. The number of aliphatic hydroxyl groups is 1. The maximum Gasteiger partial charge on any atom is 0.0524 e. The Morgan fingerprint density at radius 2 is 1.83 bits per heavy atom. The highest BCUT2D eigenvalue weighted by Gasteiger charge is 2.10. The third-order valence-corrected chi connectivity index (χ3v) is 3.25. The quantitative estimate of drug-likeness (QED) is 0.654. The maximum atomic E-state index is 9.31. The van der Waals surface area contributed by atoms with Crippen LogP contribution < -0.4 is 5.32 Å². The smallest absolute Gasteiger partial charge is 0.0524 e. The molecule has 0 aliphatic heterocycles. The molecule has 0 fully saturated rings. The Labute approximate surface area is 111 Å². The van der Waals surface area contributed by atoms with Crippen molar-refractivity contribution in [3.05, 3.63) is 35.9 Å². The lowest BCUT2D eigenvalue weighted by Gasteiger charge is -2.19. The number of unbranched alkanes of at least 4 members (excludes halogenated alkanes) is 2. The second kappa shape index (κ2) is 9.12. The van der Waals surface area contributed by atoms with Crippen molar-refractivity contribution in [2.45, 2.75) is 58.1 Å². The third-order valence-electron chi connectivity index (χ3n) is 3.25. The molecule has 0 saturated carbocycles. The van der Waals surface area contributed by atoms with Gasteiger partial charge in [-0.05, 0) is 31.9 Å². The van der Waals surface area contributed by atoms with E-state index in [0.29, 0.717) is 6.04 Å². The minimum Gasteiger partial charge on any atom is -0.393 e. The van der Waals surface area contributed by atoms with E-state index < -0.39 is 0 Å². The molecule has 1 aromatic rings. The number of benzene rings is 1. The summed E-state index contributed by atoms with van der Waals surface area (Å²) in [5, 5.41) is 12.9. The Hall–Kier alpha value is -0.860. The van der Waals surface area contributed by atoms with E-state index in [2.05, 4.69) is 42.6 Å². The molecule has 2 heteroatoms. The predicted molar refractivity (Wildman–Crippen MR) is 77.6 cm³/mol. The summed E-state index contributed by atoms with van der Waals surface area (Å²) in [6.45, 7) is 4.96. The zero-order valence-electron chi connectivity index (χ0n) is 11.7. The van der Waals surface area contributed by atoms with Crippen molar-refractivity contribution in [2.75, 3.05) is 6.54 Å². The van der Waals surface area contributed by atoms with Crippen LogP contribution in [0.5, 0.6) is 0 Å². The molecular formula is C16H27NO. The fraction of sp³-hybridized carbons (Fsp3) is 0.625. The van der Waals surface area contributed by atoms with E-state index >= 15 is 0 Å². The van der Waals surface area contributed by atoms with Crippen LogP contribution in [0.4, 0.5) is 0 Å². The number of rotatable bonds is 9. The third kappa shape index (κ3) is 6.18. The van der Waals surface area contributed by atoms with Gasteiger partial charge in [0.1, 0.15) is 0 Å². The Balaban J connectivity index is 2.47. The van der Waals surface area contributed by atoms with Crippen molar-refractivity contribution in [1.82, 2.24) is 5.32 Å². The monoisotopic (exact) mass is 249 g/mol. The van der Waals surface area contributed by atoms with Gasteiger partial charge in [0.2, 0.25) is 0 Å². The van der Waals surface area contributed by atoms with E-state index in [0.717, 1.165) is 13.0 Å². The summed E-state index contributed by atoms with van der Waals surface area (Å²) in [4.78, 5) is 0. The van der Waals surface area contributed by atoms with Crippen LogP contribution in [-0.4, -0.2) is 17.8 Å². The number of aliphatic hydroxyl groups excluding tert-OH is 1. The minimum absolute atomic E-state index is 0.218. The highest BCUT2D eigenvalue weighted by atomic mass is 16.3. The van der Waals surface area contributed by atoms with Gasteiger partial charge in [0.05, 0.1) is 6.10 Å². The fourth-order valence-corrected chi connectivity index (χ4v) is 2.14. The first-order valence-corrected chi connectivity index (χ1v) is 7.20. The van der Waals surface area contributed by atoms with Gasteiger partial charge in [-0.3, -0.25) is 0 Å². The van der Waals surface area contributed by atoms with Crippen LogP contribution in [0.2, 0.25) is 0 Å². The SMILES string of the molecule is CCCCCC(NCCC(C)O)c1ccccc1. The zero-order chi connectivity index (χ0) is 13.2. The molecule has 0 aliphatic carbocycles. The number of hydrogen-bond acceptors (Lipinski definition) is 2. The molecule has 2 nitrogen and oxygen atoms in total. The summed E-state index contributed by atoms with van der Waals surface area (Å²) < 4.78 is 0. The van der Waals surface area contributed by atoms with Crippen LogP contribution in [0.15, 0.2) is 30.3 Å². The van der Waals surface area contributed by atoms with E-state index in [4.69, 9.17) is 0 Å². The zero-order valence-corrected chi connectivity index (χ0v) is 11.7. The van der Waals surface area contributed by atoms with Crippen LogP contribution in [0, 0.1) is 0 Å². The van der Waals surface area contributed by atoms with Gasteiger partial charge < -0.3 is 10.4 Å². The summed E-state index contributed by atoms with van der Waals surface area (Å²) >= 11 is 0.